The molecule has 0 radical (unpaired) electrons. The molecule has 20 heavy (non-hydrogen) atoms. The zero-order valence-electron chi connectivity index (χ0n) is 11.4. The van der Waals surface area contributed by atoms with E-state index in [1.165, 1.54) is 6.08 Å². The SMILES string of the molecule is CC(C)=CCOc1cc2c(cc1C=CC(=O)O)OCO2. The van der Waals surface area contributed by atoms with Gasteiger partial charge in [-0.2, -0.15) is 0 Å². The molecule has 0 unspecified atom stereocenters. The first-order chi connectivity index (χ1) is 9.56. The van der Waals surface area contributed by atoms with E-state index < -0.39 is 5.97 Å². The van der Waals surface area contributed by atoms with Crippen molar-refractivity contribution in [2.75, 3.05) is 13.4 Å². The van der Waals surface area contributed by atoms with Crippen molar-refractivity contribution in [2.24, 2.45) is 0 Å². The molecule has 1 heterocycles. The summed E-state index contributed by atoms with van der Waals surface area (Å²) in [7, 11) is 0. The van der Waals surface area contributed by atoms with Crippen LogP contribution in [0.3, 0.4) is 0 Å². The number of benzene rings is 1. The highest BCUT2D eigenvalue weighted by atomic mass is 16.7. The lowest BCUT2D eigenvalue weighted by molar-refractivity contribution is -0.131. The first-order valence-electron chi connectivity index (χ1n) is 6.17. The summed E-state index contributed by atoms with van der Waals surface area (Å²) in [4.78, 5) is 10.6. The summed E-state index contributed by atoms with van der Waals surface area (Å²) >= 11 is 0. The molecule has 1 aromatic carbocycles. The van der Waals surface area contributed by atoms with Crippen LogP contribution in [0.4, 0.5) is 0 Å². The Morgan fingerprint density at radius 1 is 1.35 bits per heavy atom. The molecule has 0 amide bonds. The smallest absolute Gasteiger partial charge is 0.328 e. The molecule has 5 heteroatoms. The normalized spacial score (nSPS) is 12.5. The topological polar surface area (TPSA) is 65.0 Å². The molecule has 0 aliphatic carbocycles. The molecule has 0 aromatic heterocycles. The number of allylic oxidation sites excluding steroid dienone is 1. The van der Waals surface area contributed by atoms with E-state index in [0.717, 1.165) is 11.6 Å². The predicted octanol–water partition coefficient (Wildman–Crippen LogP) is 2.86. The second kappa shape index (κ2) is 6.14. The molecule has 1 N–H and O–H groups in total. The number of hydrogen-bond donors (Lipinski definition) is 1. The van der Waals surface area contributed by atoms with E-state index in [2.05, 4.69) is 0 Å². The molecule has 1 aromatic rings. The molecule has 0 bridgehead atoms. The number of hydrogen-bond acceptors (Lipinski definition) is 4. The second-order valence-corrected chi connectivity index (χ2v) is 4.51. The Balaban J connectivity index is 2.27. The Bertz CT molecular complexity index is 568. The van der Waals surface area contributed by atoms with Gasteiger partial charge in [0.1, 0.15) is 12.4 Å². The van der Waals surface area contributed by atoms with E-state index in [9.17, 15) is 4.79 Å². The van der Waals surface area contributed by atoms with Gasteiger partial charge in [0, 0.05) is 17.7 Å². The number of carboxylic acids is 1. The van der Waals surface area contributed by atoms with Crippen molar-refractivity contribution in [3.8, 4) is 17.2 Å². The molecular formula is C15H16O5. The minimum atomic E-state index is -1.02. The minimum Gasteiger partial charge on any atom is -0.489 e. The van der Waals surface area contributed by atoms with Crippen molar-refractivity contribution in [1.82, 2.24) is 0 Å². The maximum atomic E-state index is 10.6. The fourth-order valence-electron chi connectivity index (χ4n) is 1.65. The van der Waals surface area contributed by atoms with Gasteiger partial charge in [0.2, 0.25) is 6.79 Å². The quantitative estimate of drug-likeness (QED) is 0.661. The highest BCUT2D eigenvalue weighted by molar-refractivity contribution is 5.86. The Hall–Kier alpha value is -2.43. The van der Waals surface area contributed by atoms with Crippen molar-refractivity contribution in [2.45, 2.75) is 13.8 Å². The van der Waals surface area contributed by atoms with Gasteiger partial charge in [-0.15, -0.1) is 0 Å². The van der Waals surface area contributed by atoms with E-state index in [1.54, 1.807) is 12.1 Å². The van der Waals surface area contributed by atoms with Gasteiger partial charge in [-0.1, -0.05) is 5.57 Å². The number of aliphatic carboxylic acids is 1. The summed E-state index contributed by atoms with van der Waals surface area (Å²) in [6, 6.07) is 3.42. The van der Waals surface area contributed by atoms with Crippen molar-refractivity contribution in [3.05, 3.63) is 35.4 Å². The Morgan fingerprint density at radius 2 is 2.05 bits per heavy atom. The lowest BCUT2D eigenvalue weighted by Gasteiger charge is -2.09. The third-order valence-corrected chi connectivity index (χ3v) is 2.64. The van der Waals surface area contributed by atoms with Crippen LogP contribution < -0.4 is 14.2 Å². The van der Waals surface area contributed by atoms with E-state index in [4.69, 9.17) is 19.3 Å². The van der Waals surface area contributed by atoms with Gasteiger partial charge < -0.3 is 19.3 Å². The van der Waals surface area contributed by atoms with Gasteiger partial charge in [-0.25, -0.2) is 4.79 Å². The summed E-state index contributed by atoms with van der Waals surface area (Å²) in [6.45, 7) is 4.53. The summed E-state index contributed by atoms with van der Waals surface area (Å²) in [5.74, 6) is 0.733. The van der Waals surface area contributed by atoms with Gasteiger partial charge >= 0.3 is 5.97 Å². The molecule has 2 rings (SSSR count). The van der Waals surface area contributed by atoms with Crippen molar-refractivity contribution >= 4 is 12.0 Å². The van der Waals surface area contributed by atoms with Crippen LogP contribution in [0.15, 0.2) is 29.9 Å². The van der Waals surface area contributed by atoms with E-state index in [0.29, 0.717) is 29.4 Å². The molecule has 0 saturated carbocycles. The van der Waals surface area contributed by atoms with E-state index in [1.807, 2.05) is 19.9 Å². The first-order valence-corrected chi connectivity index (χ1v) is 6.17. The molecule has 0 saturated heterocycles. The number of fused-ring (bicyclic) bond motifs is 1. The van der Waals surface area contributed by atoms with E-state index >= 15 is 0 Å². The van der Waals surface area contributed by atoms with Crippen LogP contribution in [-0.4, -0.2) is 24.5 Å². The predicted molar refractivity (Wildman–Crippen MR) is 74.2 cm³/mol. The van der Waals surface area contributed by atoms with Crippen LogP contribution in [0, 0.1) is 0 Å². The van der Waals surface area contributed by atoms with Gasteiger partial charge in [0.05, 0.1) is 0 Å². The number of ether oxygens (including phenoxy) is 3. The van der Waals surface area contributed by atoms with E-state index in [-0.39, 0.29) is 6.79 Å². The third-order valence-electron chi connectivity index (χ3n) is 2.64. The van der Waals surface area contributed by atoms with Crippen molar-refractivity contribution in [1.29, 1.82) is 0 Å². The van der Waals surface area contributed by atoms with Gasteiger partial charge in [0.25, 0.3) is 0 Å². The standard InChI is InChI=1S/C15H16O5/c1-10(2)5-6-18-12-8-14-13(19-9-20-14)7-11(12)3-4-15(16)17/h3-5,7-8H,6,9H2,1-2H3,(H,16,17). The molecular weight excluding hydrogens is 260 g/mol. The second-order valence-electron chi connectivity index (χ2n) is 4.51. The molecule has 0 atom stereocenters. The fraction of sp³-hybridized carbons (Fsp3) is 0.267. The monoisotopic (exact) mass is 276 g/mol. The molecule has 106 valence electrons. The van der Waals surface area contributed by atoms with Crippen molar-refractivity contribution < 1.29 is 24.1 Å². The summed E-state index contributed by atoms with van der Waals surface area (Å²) < 4.78 is 16.2. The van der Waals surface area contributed by atoms with Gasteiger partial charge in [-0.3, -0.25) is 0 Å². The lowest BCUT2D eigenvalue weighted by Crippen LogP contribution is -1.97. The molecule has 0 spiro atoms. The summed E-state index contributed by atoms with van der Waals surface area (Å²) in [6.07, 6.45) is 4.47. The maximum Gasteiger partial charge on any atom is 0.328 e. The van der Waals surface area contributed by atoms with Crippen molar-refractivity contribution in [3.63, 3.8) is 0 Å². The zero-order valence-corrected chi connectivity index (χ0v) is 11.4. The average Bonchev–Trinajstić information content (AvgIpc) is 2.82. The average molecular weight is 276 g/mol. The number of carboxylic acid groups (broad SMARTS) is 1. The first kappa shape index (κ1) is 14.0. The maximum absolute atomic E-state index is 10.6. The summed E-state index contributed by atoms with van der Waals surface area (Å²) in [5.41, 5.74) is 1.78. The van der Waals surface area contributed by atoms with Crippen LogP contribution in [0.2, 0.25) is 0 Å². The number of rotatable bonds is 5. The highest BCUT2D eigenvalue weighted by Crippen LogP contribution is 2.38. The van der Waals surface area contributed by atoms with Gasteiger partial charge in [-0.05, 0) is 32.1 Å². The van der Waals surface area contributed by atoms with Gasteiger partial charge in [0.15, 0.2) is 11.5 Å². The fourth-order valence-corrected chi connectivity index (χ4v) is 1.65. The molecule has 0 fully saturated rings. The highest BCUT2D eigenvalue weighted by Gasteiger charge is 2.17. The van der Waals surface area contributed by atoms with Crippen LogP contribution in [0.5, 0.6) is 17.2 Å². The van der Waals surface area contributed by atoms with Crippen LogP contribution in [0.25, 0.3) is 6.08 Å². The zero-order chi connectivity index (χ0) is 14.5. The number of carbonyl (C=O) groups is 1. The molecule has 1 aliphatic rings. The third kappa shape index (κ3) is 3.54. The lowest BCUT2D eigenvalue weighted by atomic mass is 10.1. The largest absolute Gasteiger partial charge is 0.489 e. The Kier molecular flexibility index (Phi) is 4.30. The van der Waals surface area contributed by atoms with Crippen LogP contribution in [-0.2, 0) is 4.79 Å². The van der Waals surface area contributed by atoms with Crippen LogP contribution in [0.1, 0.15) is 19.4 Å². The molecule has 5 nitrogen and oxygen atoms in total. The Labute approximate surface area is 117 Å². The molecule has 1 aliphatic heterocycles. The minimum absolute atomic E-state index is 0.162. The Morgan fingerprint density at radius 3 is 2.70 bits per heavy atom. The van der Waals surface area contributed by atoms with Crippen LogP contribution >= 0.6 is 0 Å². The summed E-state index contributed by atoms with van der Waals surface area (Å²) in [5, 5.41) is 8.71.